The molecule has 0 saturated carbocycles. The van der Waals surface area contributed by atoms with E-state index in [2.05, 4.69) is 34.9 Å². The van der Waals surface area contributed by atoms with Gasteiger partial charge in [0, 0.05) is 24.7 Å². The summed E-state index contributed by atoms with van der Waals surface area (Å²) in [7, 11) is 2.01. The summed E-state index contributed by atoms with van der Waals surface area (Å²) in [6.07, 6.45) is 5.12. The smallest absolute Gasteiger partial charge is 0.126 e. The molecule has 0 radical (unpaired) electrons. The Bertz CT molecular complexity index is 273. The first-order valence-electron chi connectivity index (χ1n) is 5.59. The van der Waals surface area contributed by atoms with Gasteiger partial charge in [-0.3, -0.25) is 0 Å². The van der Waals surface area contributed by atoms with Crippen LogP contribution in [0.3, 0.4) is 0 Å². The standard InChI is InChI=1S/C11H21N3S/c1-4-7-14-8-6-13-11(14)10(12-3)9-15-5-2/h6,8,10,12H,4-5,7,9H2,1-3H3. The molecule has 1 atom stereocenters. The van der Waals surface area contributed by atoms with Gasteiger partial charge in [-0.1, -0.05) is 13.8 Å². The zero-order chi connectivity index (χ0) is 11.1. The molecule has 0 amide bonds. The van der Waals surface area contributed by atoms with Crippen molar-refractivity contribution in [1.82, 2.24) is 14.9 Å². The van der Waals surface area contributed by atoms with Crippen LogP contribution in [0, 0.1) is 0 Å². The molecule has 0 spiro atoms. The summed E-state index contributed by atoms with van der Waals surface area (Å²) < 4.78 is 2.25. The van der Waals surface area contributed by atoms with Crippen LogP contribution in [0.15, 0.2) is 12.4 Å². The highest BCUT2D eigenvalue weighted by Crippen LogP contribution is 2.16. The van der Waals surface area contributed by atoms with Crippen molar-refractivity contribution in [3.8, 4) is 0 Å². The predicted molar refractivity (Wildman–Crippen MR) is 67.3 cm³/mol. The number of nitrogens with one attached hydrogen (secondary N) is 1. The minimum absolute atomic E-state index is 0.372. The highest BCUT2D eigenvalue weighted by atomic mass is 32.2. The van der Waals surface area contributed by atoms with Gasteiger partial charge in [0.1, 0.15) is 5.82 Å². The largest absolute Gasteiger partial charge is 0.334 e. The fourth-order valence-corrected chi connectivity index (χ4v) is 2.37. The molecule has 1 N–H and O–H groups in total. The molecule has 1 aromatic heterocycles. The average molecular weight is 227 g/mol. The number of thioether (sulfide) groups is 1. The van der Waals surface area contributed by atoms with Crippen molar-refractivity contribution in [1.29, 1.82) is 0 Å². The SMILES string of the molecule is CCCn1ccnc1C(CSCC)NC. The molecular formula is C11H21N3S. The Morgan fingerprint density at radius 2 is 2.33 bits per heavy atom. The maximum Gasteiger partial charge on any atom is 0.126 e. The minimum Gasteiger partial charge on any atom is -0.334 e. The van der Waals surface area contributed by atoms with Gasteiger partial charge in [-0.2, -0.15) is 11.8 Å². The Kier molecular flexibility index (Phi) is 5.79. The normalized spacial score (nSPS) is 13.0. The van der Waals surface area contributed by atoms with Gasteiger partial charge in [0.15, 0.2) is 0 Å². The van der Waals surface area contributed by atoms with E-state index in [0.717, 1.165) is 24.5 Å². The zero-order valence-electron chi connectivity index (χ0n) is 9.86. The number of hydrogen-bond acceptors (Lipinski definition) is 3. The van der Waals surface area contributed by atoms with Crippen molar-refractivity contribution < 1.29 is 0 Å². The lowest BCUT2D eigenvalue weighted by molar-refractivity contribution is 0.552. The maximum atomic E-state index is 4.45. The summed E-state index contributed by atoms with van der Waals surface area (Å²) in [6.45, 7) is 5.44. The van der Waals surface area contributed by atoms with Crippen LogP contribution in [0.25, 0.3) is 0 Å². The summed E-state index contributed by atoms with van der Waals surface area (Å²) >= 11 is 1.95. The van der Waals surface area contributed by atoms with E-state index in [1.165, 1.54) is 5.82 Å². The van der Waals surface area contributed by atoms with Gasteiger partial charge in [0.25, 0.3) is 0 Å². The quantitative estimate of drug-likeness (QED) is 0.775. The molecule has 0 aliphatic carbocycles. The molecule has 1 unspecified atom stereocenters. The second kappa shape index (κ2) is 6.90. The number of hydrogen-bond donors (Lipinski definition) is 1. The Morgan fingerprint density at radius 3 is 2.93 bits per heavy atom. The first-order valence-corrected chi connectivity index (χ1v) is 6.75. The van der Waals surface area contributed by atoms with E-state index in [1.54, 1.807) is 0 Å². The molecule has 0 saturated heterocycles. The predicted octanol–water partition coefficient (Wildman–Crippen LogP) is 2.31. The number of imidazole rings is 1. The molecule has 1 rings (SSSR count). The summed E-state index contributed by atoms with van der Waals surface area (Å²) in [5.74, 6) is 3.42. The molecule has 86 valence electrons. The number of nitrogens with zero attached hydrogens (tertiary/aromatic N) is 2. The molecule has 0 aromatic carbocycles. The summed E-state index contributed by atoms with van der Waals surface area (Å²) in [5.41, 5.74) is 0. The monoisotopic (exact) mass is 227 g/mol. The lowest BCUT2D eigenvalue weighted by Gasteiger charge is -2.16. The van der Waals surface area contributed by atoms with E-state index in [0.29, 0.717) is 6.04 Å². The van der Waals surface area contributed by atoms with Gasteiger partial charge in [-0.25, -0.2) is 4.98 Å². The van der Waals surface area contributed by atoms with Crippen LogP contribution in [0.1, 0.15) is 32.1 Å². The van der Waals surface area contributed by atoms with Crippen LogP contribution in [-0.2, 0) is 6.54 Å². The molecule has 1 heterocycles. The van der Waals surface area contributed by atoms with Crippen LogP contribution in [0.2, 0.25) is 0 Å². The summed E-state index contributed by atoms with van der Waals surface area (Å²) in [4.78, 5) is 4.45. The molecule has 15 heavy (non-hydrogen) atoms. The summed E-state index contributed by atoms with van der Waals surface area (Å²) in [6, 6.07) is 0.372. The zero-order valence-corrected chi connectivity index (χ0v) is 10.7. The van der Waals surface area contributed by atoms with Crippen LogP contribution in [0.5, 0.6) is 0 Å². The van der Waals surface area contributed by atoms with Crippen LogP contribution in [0.4, 0.5) is 0 Å². The molecular weight excluding hydrogens is 206 g/mol. The van der Waals surface area contributed by atoms with Crippen LogP contribution >= 0.6 is 11.8 Å². The van der Waals surface area contributed by atoms with Gasteiger partial charge in [0.2, 0.25) is 0 Å². The third-order valence-corrected chi connectivity index (χ3v) is 3.34. The van der Waals surface area contributed by atoms with Gasteiger partial charge < -0.3 is 9.88 Å². The first-order chi connectivity index (χ1) is 7.33. The fraction of sp³-hybridized carbons (Fsp3) is 0.727. The van der Waals surface area contributed by atoms with E-state index in [4.69, 9.17) is 0 Å². The van der Waals surface area contributed by atoms with Gasteiger partial charge >= 0.3 is 0 Å². The third kappa shape index (κ3) is 3.54. The van der Waals surface area contributed by atoms with E-state index in [1.807, 2.05) is 25.0 Å². The van der Waals surface area contributed by atoms with Crippen molar-refractivity contribution in [2.75, 3.05) is 18.6 Å². The Morgan fingerprint density at radius 1 is 1.53 bits per heavy atom. The maximum absolute atomic E-state index is 4.45. The van der Waals surface area contributed by atoms with Gasteiger partial charge in [-0.15, -0.1) is 0 Å². The van der Waals surface area contributed by atoms with E-state index in [-0.39, 0.29) is 0 Å². The number of rotatable bonds is 7. The summed E-state index contributed by atoms with van der Waals surface area (Å²) in [5, 5.41) is 3.33. The fourth-order valence-electron chi connectivity index (χ4n) is 1.58. The number of aryl methyl sites for hydroxylation is 1. The topological polar surface area (TPSA) is 29.9 Å². The first kappa shape index (κ1) is 12.6. The molecule has 0 aliphatic rings. The van der Waals surface area contributed by atoms with Crippen LogP contribution in [-0.4, -0.2) is 28.1 Å². The van der Waals surface area contributed by atoms with E-state index >= 15 is 0 Å². The molecule has 3 nitrogen and oxygen atoms in total. The van der Waals surface area contributed by atoms with Crippen molar-refractivity contribution in [2.45, 2.75) is 32.9 Å². The highest BCUT2D eigenvalue weighted by molar-refractivity contribution is 7.99. The lowest BCUT2D eigenvalue weighted by atomic mass is 10.3. The average Bonchev–Trinajstić information content (AvgIpc) is 2.68. The third-order valence-electron chi connectivity index (χ3n) is 2.36. The highest BCUT2D eigenvalue weighted by Gasteiger charge is 2.14. The van der Waals surface area contributed by atoms with Crippen LogP contribution < -0.4 is 5.32 Å². The molecule has 0 aliphatic heterocycles. The Labute approximate surface area is 96.7 Å². The van der Waals surface area contributed by atoms with E-state index < -0.39 is 0 Å². The number of aromatic nitrogens is 2. The van der Waals surface area contributed by atoms with Crippen molar-refractivity contribution >= 4 is 11.8 Å². The van der Waals surface area contributed by atoms with Crippen molar-refractivity contribution in [3.05, 3.63) is 18.2 Å². The van der Waals surface area contributed by atoms with Crippen molar-refractivity contribution in [2.24, 2.45) is 0 Å². The van der Waals surface area contributed by atoms with Gasteiger partial charge in [-0.05, 0) is 19.2 Å². The Balaban J connectivity index is 2.67. The van der Waals surface area contributed by atoms with Crippen molar-refractivity contribution in [3.63, 3.8) is 0 Å². The Hall–Kier alpha value is -0.480. The van der Waals surface area contributed by atoms with Gasteiger partial charge in [0.05, 0.1) is 6.04 Å². The minimum atomic E-state index is 0.372. The van der Waals surface area contributed by atoms with E-state index in [9.17, 15) is 0 Å². The lowest BCUT2D eigenvalue weighted by Crippen LogP contribution is -2.23. The molecule has 0 bridgehead atoms. The second-order valence-electron chi connectivity index (χ2n) is 3.48. The molecule has 1 aromatic rings. The second-order valence-corrected chi connectivity index (χ2v) is 4.80. The molecule has 0 fully saturated rings. The molecule has 4 heteroatoms.